The highest BCUT2D eigenvalue weighted by molar-refractivity contribution is 7.16. The van der Waals surface area contributed by atoms with Gasteiger partial charge in [-0.25, -0.2) is 0 Å². The second-order valence-corrected chi connectivity index (χ2v) is 6.36. The number of rotatable bonds is 5. The first-order chi connectivity index (χ1) is 11.3. The molecule has 0 saturated heterocycles. The van der Waals surface area contributed by atoms with Gasteiger partial charge in [0, 0.05) is 11.8 Å². The highest BCUT2D eigenvalue weighted by Crippen LogP contribution is 2.26. The highest BCUT2D eigenvalue weighted by Gasteiger charge is 2.11. The monoisotopic (exact) mass is 324 g/mol. The molecule has 0 N–H and O–H groups in total. The fourth-order valence-electron chi connectivity index (χ4n) is 2.60. The normalized spacial score (nSPS) is 11.3. The second kappa shape index (κ2) is 5.96. The summed E-state index contributed by atoms with van der Waals surface area (Å²) in [7, 11) is 0. The lowest BCUT2D eigenvalue weighted by Crippen LogP contribution is -1.99. The summed E-state index contributed by atoms with van der Waals surface area (Å²) in [5.74, 6) is 1.79. The van der Waals surface area contributed by atoms with Gasteiger partial charge in [0.1, 0.15) is 12.4 Å². The zero-order valence-electron chi connectivity index (χ0n) is 12.8. The minimum Gasteiger partial charge on any atom is -0.486 e. The molecule has 0 amide bonds. The van der Waals surface area contributed by atoms with Crippen LogP contribution in [-0.2, 0) is 13.0 Å². The molecule has 0 spiro atoms. The predicted octanol–water partition coefficient (Wildman–Crippen LogP) is 3.87. The molecular formula is C17H16N4OS. The van der Waals surface area contributed by atoms with Gasteiger partial charge in [0.25, 0.3) is 0 Å². The summed E-state index contributed by atoms with van der Waals surface area (Å²) >= 11 is 1.52. The Morgan fingerprint density at radius 1 is 1.09 bits per heavy atom. The van der Waals surface area contributed by atoms with Crippen LogP contribution in [0.1, 0.15) is 24.2 Å². The number of aromatic nitrogens is 4. The van der Waals surface area contributed by atoms with Crippen LogP contribution in [0.3, 0.4) is 0 Å². The molecule has 0 aliphatic carbocycles. The van der Waals surface area contributed by atoms with Gasteiger partial charge >= 0.3 is 0 Å². The average Bonchev–Trinajstić information content (AvgIpc) is 3.15. The zero-order chi connectivity index (χ0) is 15.6. The van der Waals surface area contributed by atoms with Gasteiger partial charge in [0.15, 0.2) is 10.8 Å². The van der Waals surface area contributed by atoms with Gasteiger partial charge in [-0.05, 0) is 17.9 Å². The summed E-state index contributed by atoms with van der Waals surface area (Å²) in [5.41, 5.74) is 0. The van der Waals surface area contributed by atoms with E-state index >= 15 is 0 Å². The molecule has 0 aliphatic heterocycles. The van der Waals surface area contributed by atoms with E-state index in [1.54, 1.807) is 0 Å². The van der Waals surface area contributed by atoms with Gasteiger partial charge in [-0.1, -0.05) is 54.7 Å². The molecule has 0 unspecified atom stereocenters. The maximum absolute atomic E-state index is 5.99. The van der Waals surface area contributed by atoms with Crippen LogP contribution in [0.25, 0.3) is 15.7 Å². The number of hydrogen-bond acceptors (Lipinski definition) is 5. The fourth-order valence-corrected chi connectivity index (χ4v) is 3.36. The van der Waals surface area contributed by atoms with E-state index in [0.717, 1.165) is 39.8 Å². The molecule has 23 heavy (non-hydrogen) atoms. The molecule has 2 aromatic carbocycles. The molecule has 6 heteroatoms. The van der Waals surface area contributed by atoms with Gasteiger partial charge in [-0.15, -0.1) is 10.2 Å². The van der Waals surface area contributed by atoms with Gasteiger partial charge in [-0.3, -0.25) is 0 Å². The van der Waals surface area contributed by atoms with Crippen molar-refractivity contribution in [3.63, 3.8) is 0 Å². The summed E-state index contributed by atoms with van der Waals surface area (Å²) < 4.78 is 7.82. The first kappa shape index (κ1) is 14.1. The molecule has 0 fully saturated rings. The lowest BCUT2D eigenvalue weighted by atomic mass is 10.1. The van der Waals surface area contributed by atoms with Crippen molar-refractivity contribution in [1.29, 1.82) is 0 Å². The van der Waals surface area contributed by atoms with Gasteiger partial charge in [0.2, 0.25) is 4.96 Å². The molecule has 2 heterocycles. The SMILES string of the molecule is CCCc1nnc2sc(COc3cccc4ccccc34)nn12. The third kappa shape index (κ3) is 2.66. The summed E-state index contributed by atoms with van der Waals surface area (Å²) in [5, 5.41) is 16.1. The third-order valence-electron chi connectivity index (χ3n) is 3.67. The van der Waals surface area contributed by atoms with Crippen molar-refractivity contribution >= 4 is 27.1 Å². The van der Waals surface area contributed by atoms with E-state index in [2.05, 4.69) is 40.4 Å². The topological polar surface area (TPSA) is 52.3 Å². The van der Waals surface area contributed by atoms with Crippen LogP contribution in [0.5, 0.6) is 5.75 Å². The van der Waals surface area contributed by atoms with E-state index in [1.165, 1.54) is 16.7 Å². The van der Waals surface area contributed by atoms with E-state index in [4.69, 9.17) is 4.74 Å². The zero-order valence-corrected chi connectivity index (χ0v) is 13.6. The number of fused-ring (bicyclic) bond motifs is 2. The maximum Gasteiger partial charge on any atom is 0.234 e. The molecular weight excluding hydrogens is 308 g/mol. The quantitative estimate of drug-likeness (QED) is 0.559. The van der Waals surface area contributed by atoms with Crippen molar-refractivity contribution in [3.05, 3.63) is 53.3 Å². The molecule has 116 valence electrons. The molecule has 4 rings (SSSR count). The lowest BCUT2D eigenvalue weighted by Gasteiger charge is -2.07. The molecule has 0 radical (unpaired) electrons. The van der Waals surface area contributed by atoms with Crippen LogP contribution in [0.2, 0.25) is 0 Å². The number of nitrogens with zero attached hydrogens (tertiary/aromatic N) is 4. The third-order valence-corrected chi connectivity index (χ3v) is 4.54. The average molecular weight is 324 g/mol. The van der Waals surface area contributed by atoms with Crippen molar-refractivity contribution < 1.29 is 4.74 Å². The second-order valence-electron chi connectivity index (χ2n) is 5.32. The van der Waals surface area contributed by atoms with Gasteiger partial charge in [0.05, 0.1) is 0 Å². The van der Waals surface area contributed by atoms with E-state index in [9.17, 15) is 0 Å². The van der Waals surface area contributed by atoms with Crippen molar-refractivity contribution in [2.75, 3.05) is 0 Å². The lowest BCUT2D eigenvalue weighted by molar-refractivity contribution is 0.307. The Labute approximate surface area is 137 Å². The smallest absolute Gasteiger partial charge is 0.234 e. The minimum absolute atomic E-state index is 0.438. The number of hydrogen-bond donors (Lipinski definition) is 0. The van der Waals surface area contributed by atoms with Crippen molar-refractivity contribution in [1.82, 2.24) is 19.8 Å². The molecule has 0 bridgehead atoms. The number of aryl methyl sites for hydroxylation is 1. The van der Waals surface area contributed by atoms with E-state index in [1.807, 2.05) is 28.8 Å². The van der Waals surface area contributed by atoms with E-state index in [0.29, 0.717) is 6.61 Å². The Kier molecular flexibility index (Phi) is 3.67. The minimum atomic E-state index is 0.438. The largest absolute Gasteiger partial charge is 0.486 e. The molecule has 5 nitrogen and oxygen atoms in total. The Balaban J connectivity index is 1.58. The summed E-state index contributed by atoms with van der Waals surface area (Å²) in [6.45, 7) is 2.56. The van der Waals surface area contributed by atoms with Crippen LogP contribution in [0.4, 0.5) is 0 Å². The van der Waals surface area contributed by atoms with Crippen LogP contribution in [0.15, 0.2) is 42.5 Å². The van der Waals surface area contributed by atoms with E-state index in [-0.39, 0.29) is 0 Å². The van der Waals surface area contributed by atoms with Crippen molar-refractivity contribution in [2.45, 2.75) is 26.4 Å². The molecule has 0 saturated carbocycles. The Morgan fingerprint density at radius 2 is 1.96 bits per heavy atom. The van der Waals surface area contributed by atoms with Crippen LogP contribution in [-0.4, -0.2) is 19.8 Å². The number of ether oxygens (including phenoxy) is 1. The summed E-state index contributed by atoms with van der Waals surface area (Å²) in [6, 6.07) is 14.3. The summed E-state index contributed by atoms with van der Waals surface area (Å²) in [6.07, 6.45) is 1.91. The Bertz CT molecular complexity index is 954. The number of benzene rings is 2. The summed E-state index contributed by atoms with van der Waals surface area (Å²) in [4.78, 5) is 0.824. The standard InChI is InChI=1S/C17H16N4OS/c1-2-6-15-18-19-17-21(15)20-16(23-17)11-22-14-10-5-8-12-7-3-4-9-13(12)14/h3-5,7-10H,2,6,11H2,1H3. The predicted molar refractivity (Wildman–Crippen MR) is 90.9 cm³/mol. The highest BCUT2D eigenvalue weighted by atomic mass is 32.1. The van der Waals surface area contributed by atoms with Gasteiger partial charge in [-0.2, -0.15) is 9.61 Å². The van der Waals surface area contributed by atoms with Crippen LogP contribution < -0.4 is 4.74 Å². The Hall–Kier alpha value is -2.47. The Morgan fingerprint density at radius 3 is 2.87 bits per heavy atom. The molecule has 2 aromatic heterocycles. The van der Waals surface area contributed by atoms with Crippen molar-refractivity contribution in [3.8, 4) is 5.75 Å². The fraction of sp³-hybridized carbons (Fsp3) is 0.235. The first-order valence-electron chi connectivity index (χ1n) is 7.65. The first-order valence-corrected chi connectivity index (χ1v) is 8.47. The van der Waals surface area contributed by atoms with Gasteiger partial charge < -0.3 is 4.74 Å². The molecule has 0 aliphatic rings. The van der Waals surface area contributed by atoms with Crippen LogP contribution >= 0.6 is 11.3 Å². The molecule has 0 atom stereocenters. The van der Waals surface area contributed by atoms with Crippen molar-refractivity contribution in [2.24, 2.45) is 0 Å². The van der Waals surface area contributed by atoms with Crippen LogP contribution in [0, 0.1) is 0 Å². The maximum atomic E-state index is 5.99. The van der Waals surface area contributed by atoms with E-state index < -0.39 is 0 Å². The molecule has 4 aromatic rings.